The minimum absolute atomic E-state index is 0.0495. The lowest BCUT2D eigenvalue weighted by Crippen LogP contribution is -2.45. The molecule has 0 aromatic carbocycles. The first-order valence-electron chi connectivity index (χ1n) is 10.6. The van der Waals surface area contributed by atoms with E-state index in [1.807, 2.05) is 6.92 Å². The van der Waals surface area contributed by atoms with Crippen molar-refractivity contribution in [1.29, 1.82) is 0 Å². The summed E-state index contributed by atoms with van der Waals surface area (Å²) >= 11 is 0. The molecule has 8 atom stereocenters. The van der Waals surface area contributed by atoms with Gasteiger partial charge in [-0.25, -0.2) is 4.79 Å². The lowest BCUT2D eigenvalue weighted by Gasteiger charge is -2.35. The Morgan fingerprint density at radius 2 is 1.97 bits per heavy atom. The van der Waals surface area contributed by atoms with Gasteiger partial charge in [0.25, 0.3) is 0 Å². The second-order valence-electron chi connectivity index (χ2n) is 9.51. The molecule has 3 rings (SSSR count). The molecule has 0 radical (unpaired) electrons. The predicted octanol–water partition coefficient (Wildman–Crippen LogP) is 2.28. The van der Waals surface area contributed by atoms with Crippen molar-refractivity contribution < 1.29 is 34.0 Å². The summed E-state index contributed by atoms with van der Waals surface area (Å²) in [4.78, 5) is 24.0. The van der Waals surface area contributed by atoms with E-state index in [1.165, 1.54) is 6.92 Å². The van der Waals surface area contributed by atoms with Crippen molar-refractivity contribution in [2.24, 2.45) is 11.8 Å². The average Bonchev–Trinajstić information content (AvgIpc) is 3.20. The number of carbonyl (C=O) groups excluding carboxylic acids is 2. The predicted molar refractivity (Wildman–Crippen MR) is 105 cm³/mol. The Morgan fingerprint density at radius 1 is 1.28 bits per heavy atom. The number of carbonyl (C=O) groups is 2. The van der Waals surface area contributed by atoms with E-state index in [4.69, 9.17) is 14.2 Å². The second kappa shape index (κ2) is 8.00. The van der Waals surface area contributed by atoms with E-state index in [0.717, 1.165) is 19.3 Å². The van der Waals surface area contributed by atoms with Crippen molar-refractivity contribution in [2.45, 2.75) is 102 Å². The fourth-order valence-electron chi connectivity index (χ4n) is 4.80. The Balaban J connectivity index is 1.89. The van der Waals surface area contributed by atoms with E-state index in [0.29, 0.717) is 12.8 Å². The standard InChI is InChI=1S/C22H34O7/c1-12-7-6-9-22(5)17(29-22)8-10-21(4,26)16(24)11-15-13(2)20(25)28-19(15)18(12)27-14(3)23/h12,15-19,24,26H,2,6-11H2,1,3-5H3/t12-,15-,16-,17-,18+,19+,21-,22-/m0/s1. The maximum Gasteiger partial charge on any atom is 0.334 e. The number of fused-ring (bicyclic) bond motifs is 2. The second-order valence-corrected chi connectivity index (χ2v) is 9.51. The van der Waals surface area contributed by atoms with Crippen LogP contribution in [0.3, 0.4) is 0 Å². The SMILES string of the molecule is C=C1C(=O)O[C@H]2[C@H](OC(C)=O)[C@@H](C)CCC[C@]3(C)O[C@H]3CC[C@](C)(O)[C@@H](O)C[C@@H]12. The van der Waals surface area contributed by atoms with Crippen molar-refractivity contribution in [3.8, 4) is 0 Å². The van der Waals surface area contributed by atoms with Gasteiger partial charge >= 0.3 is 11.9 Å². The smallest absolute Gasteiger partial charge is 0.334 e. The summed E-state index contributed by atoms with van der Waals surface area (Å²) in [5, 5.41) is 21.7. The first-order chi connectivity index (χ1) is 13.4. The quantitative estimate of drug-likeness (QED) is 0.388. The van der Waals surface area contributed by atoms with Gasteiger partial charge in [-0.3, -0.25) is 4.79 Å². The van der Waals surface area contributed by atoms with Crippen LogP contribution in [0.1, 0.15) is 66.2 Å². The number of rotatable bonds is 1. The molecule has 2 saturated heterocycles. The van der Waals surface area contributed by atoms with Crippen LogP contribution in [0.5, 0.6) is 0 Å². The van der Waals surface area contributed by atoms with Gasteiger partial charge in [-0.05, 0) is 51.9 Å². The maximum atomic E-state index is 12.3. The van der Waals surface area contributed by atoms with Crippen molar-refractivity contribution in [3.05, 3.63) is 12.2 Å². The maximum absolute atomic E-state index is 12.3. The number of epoxide rings is 1. The van der Waals surface area contributed by atoms with Crippen molar-refractivity contribution >= 4 is 11.9 Å². The molecule has 0 spiro atoms. The molecule has 7 heteroatoms. The van der Waals surface area contributed by atoms with Gasteiger partial charge in [-0.15, -0.1) is 0 Å². The molecule has 29 heavy (non-hydrogen) atoms. The van der Waals surface area contributed by atoms with E-state index >= 15 is 0 Å². The van der Waals surface area contributed by atoms with Gasteiger partial charge in [0.2, 0.25) is 0 Å². The third-order valence-corrected chi connectivity index (χ3v) is 7.01. The molecule has 3 fully saturated rings. The monoisotopic (exact) mass is 410 g/mol. The molecular weight excluding hydrogens is 376 g/mol. The van der Waals surface area contributed by atoms with Crippen LogP contribution >= 0.6 is 0 Å². The summed E-state index contributed by atoms with van der Waals surface area (Å²) in [6.07, 6.45) is 1.33. The Kier molecular flexibility index (Phi) is 6.14. The highest BCUT2D eigenvalue weighted by molar-refractivity contribution is 5.91. The average molecular weight is 411 g/mol. The Morgan fingerprint density at radius 3 is 2.62 bits per heavy atom. The summed E-state index contributed by atoms with van der Waals surface area (Å²) in [7, 11) is 0. The van der Waals surface area contributed by atoms with Crippen molar-refractivity contribution in [1.82, 2.24) is 0 Å². The molecule has 1 saturated carbocycles. The Labute approximate surface area is 172 Å². The highest BCUT2D eigenvalue weighted by Crippen LogP contribution is 2.46. The summed E-state index contributed by atoms with van der Waals surface area (Å²) in [6.45, 7) is 10.8. The molecule has 164 valence electrons. The van der Waals surface area contributed by atoms with E-state index in [1.54, 1.807) is 6.92 Å². The summed E-state index contributed by atoms with van der Waals surface area (Å²) < 4.78 is 17.0. The molecule has 0 bridgehead atoms. The summed E-state index contributed by atoms with van der Waals surface area (Å²) in [5.74, 6) is -1.56. The molecule has 3 aliphatic rings. The molecule has 7 nitrogen and oxygen atoms in total. The lowest BCUT2D eigenvalue weighted by molar-refractivity contribution is -0.166. The van der Waals surface area contributed by atoms with Crippen LogP contribution in [0.2, 0.25) is 0 Å². The number of esters is 2. The molecule has 2 aliphatic heterocycles. The normalized spacial score (nSPS) is 46.1. The number of aliphatic hydroxyl groups is 2. The molecule has 2 N–H and O–H groups in total. The Bertz CT molecular complexity index is 672. The minimum atomic E-state index is -1.34. The first-order valence-corrected chi connectivity index (χ1v) is 10.6. The molecule has 1 aliphatic carbocycles. The van der Waals surface area contributed by atoms with Crippen LogP contribution in [0.4, 0.5) is 0 Å². The van der Waals surface area contributed by atoms with E-state index in [2.05, 4.69) is 13.5 Å². The zero-order valence-electron chi connectivity index (χ0n) is 17.8. The molecule has 0 unspecified atom stereocenters. The highest BCUT2D eigenvalue weighted by atomic mass is 16.6. The molecule has 0 aromatic rings. The van der Waals surface area contributed by atoms with Crippen molar-refractivity contribution in [3.63, 3.8) is 0 Å². The number of aliphatic hydroxyl groups excluding tert-OH is 1. The molecule has 0 amide bonds. The largest absolute Gasteiger partial charge is 0.458 e. The number of hydrogen-bond donors (Lipinski definition) is 2. The van der Waals surface area contributed by atoms with E-state index in [-0.39, 0.29) is 29.6 Å². The summed E-state index contributed by atoms with van der Waals surface area (Å²) in [6, 6.07) is 0. The van der Waals surface area contributed by atoms with Crippen LogP contribution < -0.4 is 0 Å². The van der Waals surface area contributed by atoms with Crippen molar-refractivity contribution in [2.75, 3.05) is 0 Å². The highest BCUT2D eigenvalue weighted by Gasteiger charge is 2.53. The minimum Gasteiger partial charge on any atom is -0.458 e. The summed E-state index contributed by atoms with van der Waals surface area (Å²) in [5.41, 5.74) is -1.30. The Hall–Kier alpha value is -1.44. The lowest BCUT2D eigenvalue weighted by atomic mass is 9.78. The zero-order valence-corrected chi connectivity index (χ0v) is 17.8. The van der Waals surface area contributed by atoms with E-state index < -0.39 is 41.8 Å². The van der Waals surface area contributed by atoms with Gasteiger partial charge in [0.05, 0.1) is 23.4 Å². The van der Waals surface area contributed by atoms with E-state index in [9.17, 15) is 19.8 Å². The van der Waals surface area contributed by atoms with Gasteiger partial charge in [0.1, 0.15) is 12.2 Å². The topological polar surface area (TPSA) is 106 Å². The molecular formula is C22H34O7. The van der Waals surface area contributed by atoms with Gasteiger partial charge < -0.3 is 24.4 Å². The molecule has 0 aromatic heterocycles. The third kappa shape index (κ3) is 4.67. The van der Waals surface area contributed by atoms with Crippen LogP contribution in [0.15, 0.2) is 12.2 Å². The molecule has 2 heterocycles. The van der Waals surface area contributed by atoms with Crippen LogP contribution in [0, 0.1) is 11.8 Å². The zero-order chi connectivity index (χ0) is 21.6. The fraction of sp³-hybridized carbons (Fsp3) is 0.818. The number of hydrogen-bond acceptors (Lipinski definition) is 7. The van der Waals surface area contributed by atoms with Crippen LogP contribution in [0.25, 0.3) is 0 Å². The van der Waals surface area contributed by atoms with Gasteiger partial charge in [-0.2, -0.15) is 0 Å². The van der Waals surface area contributed by atoms with Gasteiger partial charge in [0, 0.05) is 18.4 Å². The van der Waals surface area contributed by atoms with Crippen LogP contribution in [-0.2, 0) is 23.8 Å². The third-order valence-electron chi connectivity index (χ3n) is 7.01. The van der Waals surface area contributed by atoms with Crippen LogP contribution in [-0.4, -0.2) is 57.8 Å². The van der Waals surface area contributed by atoms with Gasteiger partial charge in [0.15, 0.2) is 0 Å². The van der Waals surface area contributed by atoms with Gasteiger partial charge in [-0.1, -0.05) is 19.9 Å². The first kappa shape index (κ1) is 22.2. The number of ether oxygens (including phenoxy) is 3. The fourth-order valence-corrected chi connectivity index (χ4v) is 4.80.